The number of alkyl halides is 2. The van der Waals surface area contributed by atoms with Crippen molar-refractivity contribution in [2.45, 2.75) is 22.0 Å². The summed E-state index contributed by atoms with van der Waals surface area (Å²) in [4.78, 5) is 38.5. The van der Waals surface area contributed by atoms with E-state index >= 15 is 0 Å². The fraction of sp³-hybridized carbons (Fsp3) is 0.353. The highest BCUT2D eigenvalue weighted by molar-refractivity contribution is 9.11. The maximum absolute atomic E-state index is 12.6. The number of methoxy groups -OCH3 is 1. The second-order valence-corrected chi connectivity index (χ2v) is 9.07. The molecule has 2 aliphatic heterocycles. The molecule has 138 valence electrons. The summed E-state index contributed by atoms with van der Waals surface area (Å²) >= 11 is 8.37. The Morgan fingerprint density at radius 1 is 1.31 bits per heavy atom. The van der Waals surface area contributed by atoms with Crippen LogP contribution in [0.25, 0.3) is 0 Å². The average molecular weight is 504 g/mol. The number of ether oxygens (including phenoxy) is 1. The topological polar surface area (TPSA) is 75.7 Å². The Kier molecular flexibility index (Phi) is 6.09. The number of carbonyl (C=O) groups is 3. The molecule has 1 N–H and O–H groups in total. The molecule has 2 heterocycles. The third-order valence-corrected chi connectivity index (χ3v) is 7.26. The molecule has 9 heteroatoms. The smallest absolute Gasteiger partial charge is 0.354 e. The summed E-state index contributed by atoms with van der Waals surface area (Å²) in [5, 5.41) is 2.87. The molecule has 0 radical (unpaired) electrons. The molecule has 1 aromatic carbocycles. The molecule has 3 atom stereocenters. The first-order valence-corrected chi connectivity index (χ1v) is 10.8. The number of nitrogens with one attached hydrogen (secondary N) is 1. The summed E-state index contributed by atoms with van der Waals surface area (Å²) < 4.78 is 4.68. The van der Waals surface area contributed by atoms with Gasteiger partial charge < -0.3 is 10.1 Å². The molecule has 2 amide bonds. The van der Waals surface area contributed by atoms with Gasteiger partial charge in [-0.25, -0.2) is 4.79 Å². The van der Waals surface area contributed by atoms with Crippen LogP contribution in [-0.4, -0.2) is 50.7 Å². The van der Waals surface area contributed by atoms with Crippen LogP contribution in [-0.2, 0) is 25.5 Å². The lowest BCUT2D eigenvalue weighted by Crippen LogP contribution is -2.71. The van der Waals surface area contributed by atoms with Gasteiger partial charge in [0.25, 0.3) is 5.91 Å². The molecule has 1 fully saturated rings. The molecule has 2 unspecified atom stereocenters. The largest absolute Gasteiger partial charge is 0.464 e. The highest BCUT2D eigenvalue weighted by Gasteiger charge is 2.55. The molecule has 0 saturated carbocycles. The molecule has 1 aromatic rings. The lowest BCUT2D eigenvalue weighted by Gasteiger charge is -2.50. The Hall–Kier alpha value is -1.32. The first-order chi connectivity index (χ1) is 12.5. The van der Waals surface area contributed by atoms with Gasteiger partial charge in [-0.05, 0) is 11.1 Å². The molecule has 2 aliphatic rings. The van der Waals surface area contributed by atoms with Crippen molar-refractivity contribution in [1.82, 2.24) is 10.2 Å². The summed E-state index contributed by atoms with van der Waals surface area (Å²) in [6.07, 6.45) is 0.200. The molecule has 3 rings (SSSR count). The summed E-state index contributed by atoms with van der Waals surface area (Å²) in [7, 11) is 1.28. The van der Waals surface area contributed by atoms with Crippen LogP contribution in [0.2, 0.25) is 0 Å². The third-order valence-electron chi connectivity index (χ3n) is 4.17. The van der Waals surface area contributed by atoms with Crippen molar-refractivity contribution in [2.75, 3.05) is 12.4 Å². The number of hydrogen-bond acceptors (Lipinski definition) is 5. The van der Waals surface area contributed by atoms with Crippen LogP contribution < -0.4 is 5.32 Å². The monoisotopic (exact) mass is 502 g/mol. The Labute approximate surface area is 172 Å². The number of carbonyl (C=O) groups excluding carboxylic acids is 3. The zero-order valence-corrected chi connectivity index (χ0v) is 17.8. The lowest BCUT2D eigenvalue weighted by atomic mass is 10.0. The third kappa shape index (κ3) is 3.57. The summed E-state index contributed by atoms with van der Waals surface area (Å²) in [6, 6.07) is 8.66. The van der Waals surface area contributed by atoms with Gasteiger partial charge in [0.2, 0.25) is 5.91 Å². The maximum Gasteiger partial charge on any atom is 0.354 e. The molecule has 0 spiro atoms. The molecule has 0 aliphatic carbocycles. The van der Waals surface area contributed by atoms with Crippen molar-refractivity contribution < 1.29 is 19.1 Å². The number of rotatable bonds is 5. The quantitative estimate of drug-likeness (QED) is 0.378. The van der Waals surface area contributed by atoms with E-state index in [1.54, 1.807) is 0 Å². The number of nitrogens with zero attached hydrogens (tertiary/aromatic N) is 1. The molecule has 6 nitrogen and oxygen atoms in total. The minimum atomic E-state index is -0.659. The van der Waals surface area contributed by atoms with Crippen LogP contribution in [0.1, 0.15) is 5.56 Å². The van der Waals surface area contributed by atoms with Gasteiger partial charge in [0.15, 0.2) is 0 Å². The zero-order chi connectivity index (χ0) is 18.8. The average Bonchev–Trinajstić information content (AvgIpc) is 2.65. The molecule has 1 saturated heterocycles. The van der Waals surface area contributed by atoms with Crippen LogP contribution in [0.5, 0.6) is 0 Å². The van der Waals surface area contributed by atoms with Crippen molar-refractivity contribution in [3.05, 3.63) is 47.2 Å². The number of amides is 2. The van der Waals surface area contributed by atoms with Crippen molar-refractivity contribution >= 4 is 61.4 Å². The number of halogens is 2. The second kappa shape index (κ2) is 8.14. The van der Waals surface area contributed by atoms with E-state index in [9.17, 15) is 14.4 Å². The number of fused-ring (bicyclic) bond motifs is 1. The second-order valence-electron chi connectivity index (χ2n) is 5.76. The predicted octanol–water partition coefficient (Wildman–Crippen LogP) is 2.17. The maximum atomic E-state index is 12.6. The number of benzene rings is 1. The molecule has 0 aromatic heterocycles. The highest BCUT2D eigenvalue weighted by Crippen LogP contribution is 2.46. The van der Waals surface area contributed by atoms with Gasteiger partial charge >= 0.3 is 5.97 Å². The van der Waals surface area contributed by atoms with Crippen molar-refractivity contribution in [2.24, 2.45) is 0 Å². The molecular weight excluding hydrogens is 488 g/mol. The van der Waals surface area contributed by atoms with E-state index in [0.717, 1.165) is 11.1 Å². The predicted molar refractivity (Wildman–Crippen MR) is 106 cm³/mol. The summed E-state index contributed by atoms with van der Waals surface area (Å²) in [6.45, 7) is 0. The van der Waals surface area contributed by atoms with Crippen LogP contribution in [0.15, 0.2) is 41.6 Å². The standard InChI is InChI=1S/C17H16Br2N2O4S/c1-25-17(24)13-10(8-18)14(19)26-16-12(15(23)21(13)16)20-11(22)7-9-5-3-2-4-6-9/h2-6,12,14,16H,7-8H2,1H3,(H,20,22)/t12?,14?,16-/m0/s1. The highest BCUT2D eigenvalue weighted by atomic mass is 79.9. The molecule has 26 heavy (non-hydrogen) atoms. The van der Waals surface area contributed by atoms with Gasteiger partial charge in [0, 0.05) is 5.33 Å². The van der Waals surface area contributed by atoms with Gasteiger partial charge in [-0.15, -0.1) is 11.8 Å². The lowest BCUT2D eigenvalue weighted by molar-refractivity contribution is -0.151. The van der Waals surface area contributed by atoms with Gasteiger partial charge in [0.05, 0.1) is 17.7 Å². The minimum absolute atomic E-state index is 0.154. The number of β-lactam (4-membered cyclic amide) rings is 1. The number of esters is 1. The fourth-order valence-corrected chi connectivity index (χ4v) is 6.45. The van der Waals surface area contributed by atoms with Gasteiger partial charge in [-0.2, -0.15) is 0 Å². The first kappa shape index (κ1) is 19.4. The van der Waals surface area contributed by atoms with Crippen LogP contribution in [0.4, 0.5) is 0 Å². The van der Waals surface area contributed by atoms with E-state index in [1.165, 1.54) is 23.8 Å². The Morgan fingerprint density at radius 3 is 2.62 bits per heavy atom. The summed E-state index contributed by atoms with van der Waals surface area (Å²) in [5.74, 6) is -1.09. The van der Waals surface area contributed by atoms with Crippen molar-refractivity contribution in [3.63, 3.8) is 0 Å². The minimum Gasteiger partial charge on any atom is -0.464 e. The Bertz CT molecular complexity index is 771. The van der Waals surface area contributed by atoms with Crippen molar-refractivity contribution in [3.8, 4) is 0 Å². The number of hydrogen-bond donors (Lipinski definition) is 1. The van der Waals surface area contributed by atoms with E-state index < -0.39 is 12.0 Å². The molecular formula is C17H16Br2N2O4S. The SMILES string of the molecule is COC(=O)C1=C(CBr)C(Br)S[C@H]2C(NC(=O)Cc3ccccc3)C(=O)N12. The van der Waals surface area contributed by atoms with Crippen LogP contribution in [0.3, 0.4) is 0 Å². The van der Waals surface area contributed by atoms with E-state index in [-0.39, 0.29) is 33.5 Å². The van der Waals surface area contributed by atoms with Gasteiger partial charge in [-0.3, -0.25) is 14.5 Å². The van der Waals surface area contributed by atoms with Crippen LogP contribution in [0, 0.1) is 0 Å². The van der Waals surface area contributed by atoms with E-state index in [1.807, 2.05) is 30.3 Å². The molecule has 0 bridgehead atoms. The van der Waals surface area contributed by atoms with Crippen LogP contribution >= 0.6 is 43.6 Å². The fourth-order valence-electron chi connectivity index (χ4n) is 2.90. The Morgan fingerprint density at radius 2 is 2.00 bits per heavy atom. The van der Waals surface area contributed by atoms with Crippen molar-refractivity contribution in [1.29, 1.82) is 0 Å². The van der Waals surface area contributed by atoms with E-state index in [4.69, 9.17) is 4.74 Å². The summed E-state index contributed by atoms with van der Waals surface area (Å²) in [5.41, 5.74) is 1.86. The van der Waals surface area contributed by atoms with E-state index in [0.29, 0.717) is 5.33 Å². The first-order valence-electron chi connectivity index (χ1n) is 7.81. The zero-order valence-electron chi connectivity index (χ0n) is 13.8. The number of thioether (sulfide) groups is 1. The van der Waals surface area contributed by atoms with Gasteiger partial charge in [0.1, 0.15) is 17.1 Å². The van der Waals surface area contributed by atoms with Gasteiger partial charge in [-0.1, -0.05) is 62.2 Å². The van der Waals surface area contributed by atoms with E-state index in [2.05, 4.69) is 37.2 Å². The Balaban J connectivity index is 1.75. The normalized spacial score (nSPS) is 24.7.